The summed E-state index contributed by atoms with van der Waals surface area (Å²) in [4.78, 5) is 6.92. The van der Waals surface area contributed by atoms with Gasteiger partial charge in [-0.05, 0) is 31.5 Å². The molecule has 0 spiro atoms. The smallest absolute Gasteiger partial charge is 0.141 e. The molecule has 0 radical (unpaired) electrons. The largest absolute Gasteiger partial charge is 0.506 e. The van der Waals surface area contributed by atoms with Crippen molar-refractivity contribution in [3.05, 3.63) is 29.8 Å². The number of phenols is 1. The molecule has 0 amide bonds. The molecular formula is C16H21N3O2. The molecule has 2 N–H and O–H groups in total. The summed E-state index contributed by atoms with van der Waals surface area (Å²) < 4.78 is 5.38. The summed E-state index contributed by atoms with van der Waals surface area (Å²) >= 11 is 0. The second-order valence-electron chi connectivity index (χ2n) is 5.47. The van der Waals surface area contributed by atoms with Crippen molar-refractivity contribution >= 4 is 16.7 Å². The predicted octanol–water partition coefficient (Wildman–Crippen LogP) is 2.34. The monoisotopic (exact) mass is 287 g/mol. The number of pyridine rings is 1. The lowest BCUT2D eigenvalue weighted by Crippen LogP contribution is -2.45. The SMILES string of the molecule is Cc1cc2cccc(O)c2nc1NC(C)N1CCOCC1. The summed E-state index contributed by atoms with van der Waals surface area (Å²) in [6, 6.07) is 7.52. The van der Waals surface area contributed by atoms with Gasteiger partial charge in [-0.15, -0.1) is 0 Å². The van der Waals surface area contributed by atoms with Crippen LogP contribution in [0.25, 0.3) is 10.9 Å². The molecule has 5 heteroatoms. The summed E-state index contributed by atoms with van der Waals surface area (Å²) in [5.74, 6) is 1.04. The maximum Gasteiger partial charge on any atom is 0.141 e. The van der Waals surface area contributed by atoms with Gasteiger partial charge in [0.1, 0.15) is 17.1 Å². The van der Waals surface area contributed by atoms with Gasteiger partial charge in [0.05, 0.1) is 19.4 Å². The van der Waals surface area contributed by atoms with Crippen LogP contribution in [0.15, 0.2) is 24.3 Å². The Labute approximate surface area is 124 Å². The van der Waals surface area contributed by atoms with E-state index in [-0.39, 0.29) is 11.9 Å². The molecule has 21 heavy (non-hydrogen) atoms. The first-order valence-corrected chi connectivity index (χ1v) is 7.33. The Bertz CT molecular complexity index is 639. The zero-order valence-electron chi connectivity index (χ0n) is 12.5. The average Bonchev–Trinajstić information content (AvgIpc) is 2.50. The number of anilines is 1. The summed E-state index contributed by atoms with van der Waals surface area (Å²) in [6.07, 6.45) is 0.184. The molecule has 1 atom stereocenters. The van der Waals surface area contributed by atoms with Crippen LogP contribution in [-0.4, -0.2) is 47.5 Å². The fraction of sp³-hybridized carbons (Fsp3) is 0.438. The molecule has 0 aliphatic carbocycles. The number of benzene rings is 1. The number of ether oxygens (including phenoxy) is 1. The van der Waals surface area contributed by atoms with Gasteiger partial charge in [0.25, 0.3) is 0 Å². The number of phenolic OH excluding ortho intramolecular Hbond substituents is 1. The van der Waals surface area contributed by atoms with Crippen LogP contribution in [-0.2, 0) is 4.74 Å². The van der Waals surface area contributed by atoms with E-state index >= 15 is 0 Å². The number of morpholine rings is 1. The van der Waals surface area contributed by atoms with Gasteiger partial charge >= 0.3 is 0 Å². The number of aromatic nitrogens is 1. The van der Waals surface area contributed by atoms with Crippen LogP contribution in [0.3, 0.4) is 0 Å². The van der Waals surface area contributed by atoms with Gasteiger partial charge in [-0.3, -0.25) is 4.90 Å². The van der Waals surface area contributed by atoms with E-state index in [4.69, 9.17) is 4.74 Å². The Hall–Kier alpha value is -1.85. The summed E-state index contributed by atoms with van der Waals surface area (Å²) in [5, 5.41) is 14.4. The van der Waals surface area contributed by atoms with Crippen LogP contribution in [0.1, 0.15) is 12.5 Å². The molecule has 112 valence electrons. The Morgan fingerprint density at radius 3 is 2.86 bits per heavy atom. The minimum Gasteiger partial charge on any atom is -0.506 e. The quantitative estimate of drug-likeness (QED) is 0.907. The number of rotatable bonds is 3. The van der Waals surface area contributed by atoms with E-state index in [0.717, 1.165) is 43.1 Å². The van der Waals surface area contributed by atoms with Crippen LogP contribution >= 0.6 is 0 Å². The van der Waals surface area contributed by atoms with Crippen molar-refractivity contribution in [2.24, 2.45) is 0 Å². The predicted molar refractivity (Wildman–Crippen MR) is 83.6 cm³/mol. The number of hydrogen-bond acceptors (Lipinski definition) is 5. The summed E-state index contributed by atoms with van der Waals surface area (Å²) in [5.41, 5.74) is 1.72. The van der Waals surface area contributed by atoms with Gasteiger partial charge in [0.2, 0.25) is 0 Å². The number of aryl methyl sites for hydroxylation is 1. The Balaban J connectivity index is 1.85. The highest BCUT2D eigenvalue weighted by atomic mass is 16.5. The van der Waals surface area contributed by atoms with E-state index in [1.54, 1.807) is 6.07 Å². The van der Waals surface area contributed by atoms with Gasteiger partial charge in [-0.25, -0.2) is 4.98 Å². The maximum absolute atomic E-state index is 9.95. The molecule has 1 aromatic heterocycles. The first kappa shape index (κ1) is 14.1. The minimum absolute atomic E-state index is 0.184. The first-order chi connectivity index (χ1) is 10.1. The van der Waals surface area contributed by atoms with Gasteiger partial charge < -0.3 is 15.2 Å². The number of nitrogens with one attached hydrogen (secondary N) is 1. The van der Waals surface area contributed by atoms with Crippen molar-refractivity contribution in [1.82, 2.24) is 9.88 Å². The van der Waals surface area contributed by atoms with Crippen molar-refractivity contribution in [3.8, 4) is 5.75 Å². The van der Waals surface area contributed by atoms with Crippen LogP contribution < -0.4 is 5.32 Å². The van der Waals surface area contributed by atoms with Gasteiger partial charge in [-0.1, -0.05) is 12.1 Å². The number of para-hydroxylation sites is 1. The lowest BCUT2D eigenvalue weighted by atomic mass is 10.1. The second kappa shape index (κ2) is 5.87. The fourth-order valence-corrected chi connectivity index (χ4v) is 2.69. The van der Waals surface area contributed by atoms with E-state index in [1.807, 2.05) is 19.1 Å². The standard InChI is InChI=1S/C16H21N3O2/c1-11-10-13-4-3-5-14(20)15(13)18-16(11)17-12(2)19-6-8-21-9-7-19/h3-5,10,12,20H,6-9H2,1-2H3,(H,17,18). The molecular weight excluding hydrogens is 266 g/mol. The van der Waals surface area contributed by atoms with Crippen LogP contribution in [0, 0.1) is 6.92 Å². The zero-order chi connectivity index (χ0) is 14.8. The first-order valence-electron chi connectivity index (χ1n) is 7.33. The highest BCUT2D eigenvalue weighted by molar-refractivity contribution is 5.86. The third-order valence-electron chi connectivity index (χ3n) is 3.95. The molecule has 1 fully saturated rings. The molecule has 1 aliphatic heterocycles. The molecule has 3 rings (SSSR count). The number of hydrogen-bond donors (Lipinski definition) is 2. The van der Waals surface area contributed by atoms with Crippen LogP contribution in [0.2, 0.25) is 0 Å². The van der Waals surface area contributed by atoms with E-state index in [9.17, 15) is 5.11 Å². The highest BCUT2D eigenvalue weighted by Gasteiger charge is 2.18. The topological polar surface area (TPSA) is 57.6 Å². The Morgan fingerprint density at radius 2 is 2.10 bits per heavy atom. The molecule has 0 bridgehead atoms. The third kappa shape index (κ3) is 2.94. The molecule has 0 saturated carbocycles. The van der Waals surface area contributed by atoms with Gasteiger partial charge in [0, 0.05) is 18.5 Å². The average molecular weight is 287 g/mol. The van der Waals surface area contributed by atoms with Gasteiger partial charge in [0.15, 0.2) is 0 Å². The Morgan fingerprint density at radius 1 is 1.33 bits per heavy atom. The van der Waals surface area contributed by atoms with Gasteiger partial charge in [-0.2, -0.15) is 0 Å². The van der Waals surface area contributed by atoms with Crippen molar-refractivity contribution < 1.29 is 9.84 Å². The van der Waals surface area contributed by atoms with Crippen molar-refractivity contribution in [2.75, 3.05) is 31.6 Å². The number of fused-ring (bicyclic) bond motifs is 1. The number of aromatic hydroxyl groups is 1. The van der Waals surface area contributed by atoms with Crippen molar-refractivity contribution in [1.29, 1.82) is 0 Å². The molecule has 5 nitrogen and oxygen atoms in total. The number of nitrogens with zero attached hydrogens (tertiary/aromatic N) is 2. The summed E-state index contributed by atoms with van der Waals surface area (Å²) in [6.45, 7) is 7.55. The van der Waals surface area contributed by atoms with E-state index in [0.29, 0.717) is 5.52 Å². The lowest BCUT2D eigenvalue weighted by molar-refractivity contribution is 0.0253. The van der Waals surface area contributed by atoms with Crippen LogP contribution in [0.5, 0.6) is 5.75 Å². The molecule has 1 aromatic carbocycles. The van der Waals surface area contributed by atoms with Crippen molar-refractivity contribution in [3.63, 3.8) is 0 Å². The second-order valence-corrected chi connectivity index (χ2v) is 5.47. The molecule has 1 aliphatic rings. The maximum atomic E-state index is 9.95. The molecule has 2 heterocycles. The minimum atomic E-state index is 0.184. The summed E-state index contributed by atoms with van der Waals surface area (Å²) in [7, 11) is 0. The van der Waals surface area contributed by atoms with Crippen molar-refractivity contribution in [2.45, 2.75) is 20.0 Å². The fourth-order valence-electron chi connectivity index (χ4n) is 2.69. The van der Waals surface area contributed by atoms with E-state index < -0.39 is 0 Å². The van der Waals surface area contributed by atoms with Crippen LogP contribution in [0.4, 0.5) is 5.82 Å². The zero-order valence-corrected chi connectivity index (χ0v) is 12.5. The van der Waals surface area contributed by atoms with E-state index in [2.05, 4.69) is 28.2 Å². The highest BCUT2D eigenvalue weighted by Crippen LogP contribution is 2.26. The molecule has 2 aromatic rings. The lowest BCUT2D eigenvalue weighted by Gasteiger charge is -2.33. The normalized spacial score (nSPS) is 17.8. The molecule has 1 saturated heterocycles. The Kier molecular flexibility index (Phi) is 3.94. The molecule has 1 unspecified atom stereocenters. The third-order valence-corrected chi connectivity index (χ3v) is 3.95. The van der Waals surface area contributed by atoms with E-state index in [1.165, 1.54) is 0 Å².